The Hall–Kier alpha value is -2.31. The van der Waals surface area contributed by atoms with E-state index in [0.717, 1.165) is 0 Å². The summed E-state index contributed by atoms with van der Waals surface area (Å²) in [6.07, 6.45) is -0.627. The van der Waals surface area contributed by atoms with Gasteiger partial charge in [0.2, 0.25) is 0 Å². The Morgan fingerprint density at radius 3 is 2.94 bits per heavy atom. The molecule has 7 nitrogen and oxygen atoms in total. The number of carbonyl (C=O) groups is 1. The van der Waals surface area contributed by atoms with E-state index >= 15 is 0 Å². The molecule has 0 aliphatic carbocycles. The lowest BCUT2D eigenvalue weighted by atomic mass is 10.3. The van der Waals surface area contributed by atoms with E-state index in [-0.39, 0.29) is 18.3 Å². The Balaban J connectivity index is 2.00. The third kappa shape index (κ3) is 2.68. The Morgan fingerprint density at radius 2 is 2.33 bits per heavy atom. The zero-order valence-electron chi connectivity index (χ0n) is 9.48. The van der Waals surface area contributed by atoms with Crippen molar-refractivity contribution >= 4 is 11.8 Å². The topological polar surface area (TPSA) is 92.9 Å². The highest BCUT2D eigenvalue weighted by molar-refractivity contribution is 5.65. The lowest BCUT2D eigenvalue weighted by molar-refractivity contribution is -0.384. The molecule has 96 valence electrons. The van der Waals surface area contributed by atoms with Crippen LogP contribution in [0.15, 0.2) is 24.3 Å². The van der Waals surface area contributed by atoms with Gasteiger partial charge in [-0.05, 0) is 6.07 Å². The van der Waals surface area contributed by atoms with Gasteiger partial charge in [-0.2, -0.15) is 0 Å². The van der Waals surface area contributed by atoms with Crippen molar-refractivity contribution in [3.05, 3.63) is 34.4 Å². The van der Waals surface area contributed by atoms with Crippen LogP contribution in [0, 0.1) is 10.1 Å². The van der Waals surface area contributed by atoms with Crippen molar-refractivity contribution in [2.75, 3.05) is 13.1 Å². The summed E-state index contributed by atoms with van der Waals surface area (Å²) in [7, 11) is 0. The predicted octanol–water partition coefficient (Wildman–Crippen LogP) is 1.73. The van der Waals surface area contributed by atoms with Gasteiger partial charge >= 0.3 is 6.09 Å². The number of non-ortho nitro benzene ring substituents is 1. The van der Waals surface area contributed by atoms with Crippen LogP contribution < -0.4 is 4.74 Å². The molecule has 0 spiro atoms. The molecule has 1 amide bonds. The molecule has 7 heteroatoms. The van der Waals surface area contributed by atoms with Crippen molar-refractivity contribution in [2.45, 2.75) is 12.5 Å². The van der Waals surface area contributed by atoms with Crippen LogP contribution in [0.2, 0.25) is 0 Å². The van der Waals surface area contributed by atoms with Crippen molar-refractivity contribution in [1.82, 2.24) is 4.90 Å². The van der Waals surface area contributed by atoms with Gasteiger partial charge in [0, 0.05) is 19.0 Å². The minimum atomic E-state index is -0.972. The number of nitrogens with zero attached hydrogens (tertiary/aromatic N) is 2. The highest BCUT2D eigenvalue weighted by Crippen LogP contribution is 2.22. The molecule has 18 heavy (non-hydrogen) atoms. The molecule has 1 atom stereocenters. The SMILES string of the molecule is O=C(O)N1CC[C@H](Oc2cccc([N+](=O)[O-])c2)C1. The van der Waals surface area contributed by atoms with Gasteiger partial charge in [-0.3, -0.25) is 10.1 Å². The molecule has 0 saturated carbocycles. The average Bonchev–Trinajstić information content (AvgIpc) is 2.78. The summed E-state index contributed by atoms with van der Waals surface area (Å²) >= 11 is 0. The zero-order valence-corrected chi connectivity index (χ0v) is 9.48. The van der Waals surface area contributed by atoms with E-state index in [9.17, 15) is 14.9 Å². The van der Waals surface area contributed by atoms with E-state index in [1.165, 1.54) is 23.1 Å². The van der Waals surface area contributed by atoms with Crippen LogP contribution >= 0.6 is 0 Å². The van der Waals surface area contributed by atoms with Crippen LogP contribution in [0.5, 0.6) is 5.75 Å². The van der Waals surface area contributed by atoms with Crippen molar-refractivity contribution in [3.63, 3.8) is 0 Å². The van der Waals surface area contributed by atoms with E-state index < -0.39 is 11.0 Å². The van der Waals surface area contributed by atoms with Crippen LogP contribution in [0.4, 0.5) is 10.5 Å². The molecule has 1 heterocycles. The van der Waals surface area contributed by atoms with E-state index in [4.69, 9.17) is 9.84 Å². The standard InChI is InChI=1S/C11H12N2O5/c14-11(15)12-5-4-10(7-12)18-9-3-1-2-8(6-9)13(16)17/h1-3,6,10H,4-5,7H2,(H,14,15)/t10-/m0/s1. The molecule has 0 bridgehead atoms. The number of hydrogen-bond donors (Lipinski definition) is 1. The van der Waals surface area contributed by atoms with Crippen molar-refractivity contribution in [1.29, 1.82) is 0 Å². The maximum absolute atomic E-state index is 10.7. The molecule has 1 aromatic carbocycles. The molecular weight excluding hydrogens is 240 g/mol. The molecule has 0 aromatic heterocycles. The maximum atomic E-state index is 10.7. The number of nitro groups is 1. The first-order valence-electron chi connectivity index (χ1n) is 5.45. The molecular formula is C11H12N2O5. The largest absolute Gasteiger partial charge is 0.488 e. The molecule has 1 aromatic rings. The smallest absolute Gasteiger partial charge is 0.407 e. The quantitative estimate of drug-likeness (QED) is 0.653. The van der Waals surface area contributed by atoms with Gasteiger partial charge in [0.15, 0.2) is 0 Å². The van der Waals surface area contributed by atoms with Crippen LogP contribution in [0.1, 0.15) is 6.42 Å². The number of benzene rings is 1. The summed E-state index contributed by atoms with van der Waals surface area (Å²) in [5.74, 6) is 0.390. The predicted molar refractivity (Wildman–Crippen MR) is 61.7 cm³/mol. The second-order valence-electron chi connectivity index (χ2n) is 4.01. The minimum Gasteiger partial charge on any atom is -0.488 e. The van der Waals surface area contributed by atoms with Gasteiger partial charge in [0.05, 0.1) is 17.5 Å². The fourth-order valence-electron chi connectivity index (χ4n) is 1.86. The summed E-state index contributed by atoms with van der Waals surface area (Å²) in [6, 6.07) is 5.88. The Morgan fingerprint density at radius 1 is 1.56 bits per heavy atom. The Kier molecular flexibility index (Phi) is 3.31. The van der Waals surface area contributed by atoms with Crippen molar-refractivity contribution in [3.8, 4) is 5.75 Å². The Bertz CT molecular complexity index is 476. The second kappa shape index (κ2) is 4.91. The van der Waals surface area contributed by atoms with Gasteiger partial charge in [-0.1, -0.05) is 6.07 Å². The number of ether oxygens (including phenoxy) is 1. The molecule has 0 radical (unpaired) electrons. The molecule has 1 aliphatic rings. The number of likely N-dealkylation sites (tertiary alicyclic amines) is 1. The monoisotopic (exact) mass is 252 g/mol. The molecule has 1 saturated heterocycles. The lowest BCUT2D eigenvalue weighted by Crippen LogP contribution is -2.29. The minimum absolute atomic E-state index is 0.0411. The summed E-state index contributed by atoms with van der Waals surface area (Å²) in [5.41, 5.74) is -0.0411. The normalized spacial score (nSPS) is 18.7. The number of hydrogen-bond acceptors (Lipinski definition) is 4. The fourth-order valence-corrected chi connectivity index (χ4v) is 1.86. The van der Waals surface area contributed by atoms with E-state index in [1.807, 2.05) is 0 Å². The van der Waals surface area contributed by atoms with E-state index in [1.54, 1.807) is 6.07 Å². The highest BCUT2D eigenvalue weighted by Gasteiger charge is 2.27. The van der Waals surface area contributed by atoms with Crippen molar-refractivity contribution < 1.29 is 19.6 Å². The molecule has 2 rings (SSSR count). The van der Waals surface area contributed by atoms with E-state index in [0.29, 0.717) is 18.7 Å². The first-order chi connectivity index (χ1) is 8.56. The number of carboxylic acid groups (broad SMARTS) is 1. The summed E-state index contributed by atoms with van der Waals surface area (Å²) in [5, 5.41) is 19.4. The second-order valence-corrected chi connectivity index (χ2v) is 4.01. The molecule has 1 N–H and O–H groups in total. The van der Waals surface area contributed by atoms with Crippen LogP contribution in [0.25, 0.3) is 0 Å². The Labute approximate surface area is 103 Å². The number of nitro benzene ring substituents is 1. The molecule has 1 aliphatic heterocycles. The summed E-state index contributed by atoms with van der Waals surface area (Å²) in [4.78, 5) is 22.1. The molecule has 1 fully saturated rings. The van der Waals surface area contributed by atoms with Gasteiger partial charge in [0.25, 0.3) is 5.69 Å². The van der Waals surface area contributed by atoms with Crippen LogP contribution in [-0.4, -0.2) is 40.2 Å². The lowest BCUT2D eigenvalue weighted by Gasteiger charge is -2.14. The van der Waals surface area contributed by atoms with Gasteiger partial charge < -0.3 is 14.7 Å². The summed E-state index contributed by atoms with van der Waals surface area (Å²) < 4.78 is 5.54. The van der Waals surface area contributed by atoms with Gasteiger partial charge in [0.1, 0.15) is 11.9 Å². The van der Waals surface area contributed by atoms with E-state index in [2.05, 4.69) is 0 Å². The van der Waals surface area contributed by atoms with Gasteiger partial charge in [-0.15, -0.1) is 0 Å². The first-order valence-corrected chi connectivity index (χ1v) is 5.45. The first kappa shape index (κ1) is 12.2. The molecule has 0 unspecified atom stereocenters. The number of rotatable bonds is 3. The average molecular weight is 252 g/mol. The fraction of sp³-hybridized carbons (Fsp3) is 0.364. The maximum Gasteiger partial charge on any atom is 0.407 e. The third-order valence-electron chi connectivity index (χ3n) is 2.75. The third-order valence-corrected chi connectivity index (χ3v) is 2.75. The van der Waals surface area contributed by atoms with Crippen LogP contribution in [-0.2, 0) is 0 Å². The van der Waals surface area contributed by atoms with Gasteiger partial charge in [-0.25, -0.2) is 4.79 Å². The van der Waals surface area contributed by atoms with Crippen LogP contribution in [0.3, 0.4) is 0 Å². The highest BCUT2D eigenvalue weighted by atomic mass is 16.6. The van der Waals surface area contributed by atoms with Crippen molar-refractivity contribution in [2.24, 2.45) is 0 Å². The zero-order chi connectivity index (χ0) is 13.1. The number of amides is 1. The summed E-state index contributed by atoms with van der Waals surface area (Å²) in [6.45, 7) is 0.715.